The van der Waals surface area contributed by atoms with Gasteiger partial charge in [-0.15, -0.1) is 0 Å². The maximum absolute atomic E-state index is 11.6. The van der Waals surface area contributed by atoms with Crippen LogP contribution in [0.5, 0.6) is 5.75 Å². The number of nitrogens with two attached hydrogens (primary N) is 1. The number of para-hydroxylation sites is 1. The molecule has 3 N–H and O–H groups in total. The molecule has 4 nitrogen and oxygen atoms in total. The fourth-order valence-electron chi connectivity index (χ4n) is 1.40. The first-order valence-electron chi connectivity index (χ1n) is 5.98. The molecule has 4 heteroatoms. The van der Waals surface area contributed by atoms with Crippen LogP contribution in [0.25, 0.3) is 0 Å². The monoisotopic (exact) mass is 248 g/mol. The standard InChI is InChI=1S/C14H20N2O2/c1-3-8-18-13-7-5-4-6-12(13)10-16-14(17)11(2)9-15/h3-7,11H,1,8-10,15H2,2H3,(H,16,17). The summed E-state index contributed by atoms with van der Waals surface area (Å²) in [6.07, 6.45) is 1.69. The zero-order valence-electron chi connectivity index (χ0n) is 10.7. The summed E-state index contributed by atoms with van der Waals surface area (Å²) in [4.78, 5) is 11.6. The van der Waals surface area contributed by atoms with Gasteiger partial charge in [0.1, 0.15) is 12.4 Å². The van der Waals surface area contributed by atoms with E-state index in [0.29, 0.717) is 19.7 Å². The lowest BCUT2D eigenvalue weighted by Gasteiger charge is -2.13. The molecule has 0 heterocycles. The van der Waals surface area contributed by atoms with Crippen molar-refractivity contribution < 1.29 is 9.53 Å². The van der Waals surface area contributed by atoms with Crippen LogP contribution in [0.3, 0.4) is 0 Å². The van der Waals surface area contributed by atoms with E-state index >= 15 is 0 Å². The van der Waals surface area contributed by atoms with E-state index in [1.54, 1.807) is 13.0 Å². The van der Waals surface area contributed by atoms with E-state index < -0.39 is 0 Å². The van der Waals surface area contributed by atoms with Crippen LogP contribution in [0.2, 0.25) is 0 Å². The number of rotatable bonds is 7. The van der Waals surface area contributed by atoms with Crippen molar-refractivity contribution in [3.05, 3.63) is 42.5 Å². The van der Waals surface area contributed by atoms with Gasteiger partial charge < -0.3 is 15.8 Å². The van der Waals surface area contributed by atoms with Gasteiger partial charge in [-0.25, -0.2) is 0 Å². The highest BCUT2D eigenvalue weighted by atomic mass is 16.5. The molecule has 0 aromatic heterocycles. The molecular weight excluding hydrogens is 228 g/mol. The highest BCUT2D eigenvalue weighted by molar-refractivity contribution is 5.78. The number of hydrogen-bond acceptors (Lipinski definition) is 3. The average Bonchev–Trinajstić information content (AvgIpc) is 2.42. The number of carbonyl (C=O) groups is 1. The molecule has 1 aromatic rings. The number of carbonyl (C=O) groups excluding carboxylic acids is 1. The highest BCUT2D eigenvalue weighted by Crippen LogP contribution is 2.17. The molecule has 0 saturated heterocycles. The molecule has 1 rings (SSSR count). The van der Waals surface area contributed by atoms with Gasteiger partial charge in [0.2, 0.25) is 5.91 Å². The van der Waals surface area contributed by atoms with Crippen molar-refractivity contribution in [3.8, 4) is 5.75 Å². The van der Waals surface area contributed by atoms with Gasteiger partial charge in [-0.2, -0.15) is 0 Å². The normalized spacial score (nSPS) is 11.7. The summed E-state index contributed by atoms with van der Waals surface area (Å²) in [5.41, 5.74) is 6.38. The summed E-state index contributed by atoms with van der Waals surface area (Å²) >= 11 is 0. The summed E-state index contributed by atoms with van der Waals surface area (Å²) in [5, 5.41) is 2.84. The first-order valence-corrected chi connectivity index (χ1v) is 5.98. The van der Waals surface area contributed by atoms with Gasteiger partial charge in [0.05, 0.1) is 0 Å². The topological polar surface area (TPSA) is 64.3 Å². The largest absolute Gasteiger partial charge is 0.489 e. The molecule has 0 radical (unpaired) electrons. The van der Waals surface area contributed by atoms with Crippen LogP contribution in [-0.2, 0) is 11.3 Å². The third-order valence-corrected chi connectivity index (χ3v) is 2.58. The molecule has 0 aliphatic carbocycles. The molecule has 0 spiro atoms. The van der Waals surface area contributed by atoms with Crippen LogP contribution < -0.4 is 15.8 Å². The van der Waals surface area contributed by atoms with Crippen molar-refractivity contribution in [2.45, 2.75) is 13.5 Å². The Kier molecular flexibility index (Phi) is 5.94. The van der Waals surface area contributed by atoms with Gasteiger partial charge in [-0.05, 0) is 6.07 Å². The smallest absolute Gasteiger partial charge is 0.224 e. The third-order valence-electron chi connectivity index (χ3n) is 2.58. The van der Waals surface area contributed by atoms with Crippen molar-refractivity contribution in [2.24, 2.45) is 11.7 Å². The van der Waals surface area contributed by atoms with Crippen LogP contribution in [0.1, 0.15) is 12.5 Å². The quantitative estimate of drug-likeness (QED) is 0.718. The molecule has 1 aromatic carbocycles. The number of nitrogens with one attached hydrogen (secondary N) is 1. The van der Waals surface area contributed by atoms with E-state index in [1.807, 2.05) is 24.3 Å². The van der Waals surface area contributed by atoms with Gasteiger partial charge >= 0.3 is 0 Å². The molecule has 18 heavy (non-hydrogen) atoms. The molecule has 0 aliphatic heterocycles. The first-order chi connectivity index (χ1) is 8.69. The minimum absolute atomic E-state index is 0.0453. The van der Waals surface area contributed by atoms with Crippen LogP contribution in [0, 0.1) is 5.92 Å². The van der Waals surface area contributed by atoms with E-state index in [-0.39, 0.29) is 11.8 Å². The van der Waals surface area contributed by atoms with Crippen molar-refractivity contribution in [2.75, 3.05) is 13.2 Å². The lowest BCUT2D eigenvalue weighted by atomic mass is 10.1. The predicted octanol–water partition coefficient (Wildman–Crippen LogP) is 1.46. The lowest BCUT2D eigenvalue weighted by molar-refractivity contribution is -0.124. The first kappa shape index (κ1) is 14.3. The lowest BCUT2D eigenvalue weighted by Crippen LogP contribution is -2.32. The van der Waals surface area contributed by atoms with Gasteiger partial charge in [-0.3, -0.25) is 4.79 Å². The zero-order valence-corrected chi connectivity index (χ0v) is 10.7. The Bertz CT molecular complexity index is 405. The van der Waals surface area contributed by atoms with E-state index in [4.69, 9.17) is 10.5 Å². The summed E-state index contributed by atoms with van der Waals surface area (Å²) in [6.45, 7) is 6.64. The predicted molar refractivity (Wildman–Crippen MR) is 72.2 cm³/mol. The molecule has 1 unspecified atom stereocenters. The van der Waals surface area contributed by atoms with Gasteiger partial charge in [0.15, 0.2) is 0 Å². The van der Waals surface area contributed by atoms with Crippen molar-refractivity contribution >= 4 is 5.91 Å². The van der Waals surface area contributed by atoms with Crippen LogP contribution >= 0.6 is 0 Å². The van der Waals surface area contributed by atoms with E-state index in [1.165, 1.54) is 0 Å². The van der Waals surface area contributed by atoms with E-state index in [2.05, 4.69) is 11.9 Å². The second kappa shape index (κ2) is 7.50. The van der Waals surface area contributed by atoms with Crippen LogP contribution in [0.15, 0.2) is 36.9 Å². The maximum Gasteiger partial charge on any atom is 0.224 e. The summed E-state index contributed by atoms with van der Waals surface area (Å²) in [5.74, 6) is 0.542. The highest BCUT2D eigenvalue weighted by Gasteiger charge is 2.11. The molecule has 1 amide bonds. The second-order valence-corrected chi connectivity index (χ2v) is 4.06. The minimum atomic E-state index is -0.175. The average molecular weight is 248 g/mol. The number of ether oxygens (including phenoxy) is 1. The fourth-order valence-corrected chi connectivity index (χ4v) is 1.40. The fraction of sp³-hybridized carbons (Fsp3) is 0.357. The molecule has 98 valence electrons. The number of hydrogen-bond donors (Lipinski definition) is 2. The van der Waals surface area contributed by atoms with Crippen molar-refractivity contribution in [1.82, 2.24) is 5.32 Å². The summed E-state index contributed by atoms with van der Waals surface area (Å²) in [7, 11) is 0. The summed E-state index contributed by atoms with van der Waals surface area (Å²) in [6, 6.07) is 7.60. The Morgan fingerprint density at radius 3 is 2.94 bits per heavy atom. The molecule has 1 atom stereocenters. The SMILES string of the molecule is C=CCOc1ccccc1CNC(=O)C(C)CN. The molecule has 0 aliphatic rings. The number of amides is 1. The van der Waals surface area contributed by atoms with Crippen molar-refractivity contribution in [1.29, 1.82) is 0 Å². The van der Waals surface area contributed by atoms with Crippen LogP contribution in [0.4, 0.5) is 0 Å². The molecule has 0 fully saturated rings. The minimum Gasteiger partial charge on any atom is -0.489 e. The summed E-state index contributed by atoms with van der Waals surface area (Å²) < 4.78 is 5.51. The zero-order chi connectivity index (χ0) is 13.4. The second-order valence-electron chi connectivity index (χ2n) is 4.06. The Balaban J connectivity index is 2.60. The molecule has 0 saturated carbocycles. The van der Waals surface area contributed by atoms with E-state index in [0.717, 1.165) is 11.3 Å². The molecule has 0 bridgehead atoms. The van der Waals surface area contributed by atoms with Crippen molar-refractivity contribution in [3.63, 3.8) is 0 Å². The maximum atomic E-state index is 11.6. The van der Waals surface area contributed by atoms with Gasteiger partial charge in [0.25, 0.3) is 0 Å². The van der Waals surface area contributed by atoms with Gasteiger partial charge in [-0.1, -0.05) is 37.8 Å². The number of benzene rings is 1. The molecular formula is C14H20N2O2. The van der Waals surface area contributed by atoms with Gasteiger partial charge in [0, 0.05) is 24.6 Å². The Morgan fingerprint density at radius 1 is 1.56 bits per heavy atom. The van der Waals surface area contributed by atoms with E-state index in [9.17, 15) is 4.79 Å². The third kappa shape index (κ3) is 4.22. The van der Waals surface area contributed by atoms with Crippen LogP contribution in [-0.4, -0.2) is 19.1 Å². The Morgan fingerprint density at radius 2 is 2.28 bits per heavy atom. The Labute approximate surface area is 108 Å². The Hall–Kier alpha value is -1.81.